The van der Waals surface area contributed by atoms with Gasteiger partial charge in [0, 0.05) is 0 Å². The fourth-order valence-electron chi connectivity index (χ4n) is 1.27. The molecule has 4 heteroatoms. The van der Waals surface area contributed by atoms with E-state index < -0.39 is 0 Å². The Balaban J connectivity index is 3.09. The predicted molar refractivity (Wildman–Crippen MR) is 58.2 cm³/mol. The number of benzene rings is 1. The molecule has 0 fully saturated rings. The summed E-state index contributed by atoms with van der Waals surface area (Å²) in [5, 5.41) is 11.6. The number of oxime groups is 1. The molecule has 0 aliphatic heterocycles. The van der Waals surface area contributed by atoms with E-state index in [1.54, 1.807) is 0 Å². The van der Waals surface area contributed by atoms with Crippen molar-refractivity contribution in [3.05, 3.63) is 23.8 Å². The van der Waals surface area contributed by atoms with Crippen molar-refractivity contribution < 1.29 is 14.7 Å². The molecule has 0 unspecified atom stereocenters. The lowest BCUT2D eigenvalue weighted by Gasteiger charge is -2.11. The van der Waals surface area contributed by atoms with E-state index >= 15 is 0 Å². The molecule has 0 aliphatic carbocycles. The van der Waals surface area contributed by atoms with Crippen LogP contribution in [0, 0.1) is 0 Å². The van der Waals surface area contributed by atoms with Crippen molar-refractivity contribution in [2.75, 3.05) is 13.2 Å². The zero-order valence-corrected chi connectivity index (χ0v) is 8.93. The van der Waals surface area contributed by atoms with E-state index in [2.05, 4.69) is 5.16 Å². The topological polar surface area (TPSA) is 51.0 Å². The van der Waals surface area contributed by atoms with Gasteiger partial charge in [-0.15, -0.1) is 0 Å². The summed E-state index contributed by atoms with van der Waals surface area (Å²) >= 11 is 0. The highest BCUT2D eigenvalue weighted by Gasteiger charge is 2.08. The van der Waals surface area contributed by atoms with Crippen LogP contribution in [-0.4, -0.2) is 24.6 Å². The van der Waals surface area contributed by atoms with Crippen LogP contribution in [-0.2, 0) is 0 Å². The molecule has 0 saturated heterocycles. The smallest absolute Gasteiger partial charge is 0.131 e. The molecular weight excluding hydrogens is 194 g/mol. The average molecular weight is 209 g/mol. The van der Waals surface area contributed by atoms with E-state index in [0.29, 0.717) is 30.3 Å². The molecule has 0 bridgehead atoms. The molecule has 1 aromatic rings. The Morgan fingerprint density at radius 3 is 2.13 bits per heavy atom. The van der Waals surface area contributed by atoms with E-state index in [9.17, 15) is 0 Å². The van der Waals surface area contributed by atoms with Gasteiger partial charge in [0.2, 0.25) is 0 Å². The third kappa shape index (κ3) is 2.87. The van der Waals surface area contributed by atoms with Gasteiger partial charge in [-0.2, -0.15) is 0 Å². The van der Waals surface area contributed by atoms with Gasteiger partial charge >= 0.3 is 0 Å². The highest BCUT2D eigenvalue weighted by molar-refractivity contribution is 5.87. The van der Waals surface area contributed by atoms with E-state index in [0.717, 1.165) is 0 Å². The maximum absolute atomic E-state index is 8.56. The zero-order chi connectivity index (χ0) is 11.1. The van der Waals surface area contributed by atoms with Gasteiger partial charge in [0.05, 0.1) is 25.0 Å². The van der Waals surface area contributed by atoms with E-state index in [4.69, 9.17) is 14.7 Å². The van der Waals surface area contributed by atoms with Gasteiger partial charge in [-0.1, -0.05) is 11.2 Å². The first-order chi connectivity index (χ1) is 7.33. The fraction of sp³-hybridized carbons (Fsp3) is 0.364. The summed E-state index contributed by atoms with van der Waals surface area (Å²) < 4.78 is 10.8. The summed E-state index contributed by atoms with van der Waals surface area (Å²) in [6, 6.07) is 5.46. The minimum atomic E-state index is 0.557. The minimum Gasteiger partial charge on any atom is -0.493 e. The Kier molecular flexibility index (Phi) is 4.47. The maximum atomic E-state index is 8.56. The van der Waals surface area contributed by atoms with Crippen molar-refractivity contribution >= 4 is 6.21 Å². The molecule has 15 heavy (non-hydrogen) atoms. The molecule has 1 rings (SSSR count). The molecule has 4 nitrogen and oxygen atoms in total. The van der Waals surface area contributed by atoms with Crippen molar-refractivity contribution in [1.82, 2.24) is 0 Å². The number of rotatable bonds is 5. The Morgan fingerprint density at radius 2 is 1.73 bits per heavy atom. The van der Waals surface area contributed by atoms with Crippen molar-refractivity contribution in [3.63, 3.8) is 0 Å². The van der Waals surface area contributed by atoms with Gasteiger partial charge in [-0.3, -0.25) is 0 Å². The largest absolute Gasteiger partial charge is 0.493 e. The Hall–Kier alpha value is -1.71. The van der Waals surface area contributed by atoms with Crippen molar-refractivity contribution in [3.8, 4) is 11.5 Å². The molecular formula is C11H15NO3. The summed E-state index contributed by atoms with van der Waals surface area (Å²) in [6.07, 6.45) is 1.32. The van der Waals surface area contributed by atoms with Crippen LogP contribution in [0.5, 0.6) is 11.5 Å². The second kappa shape index (κ2) is 5.90. The Labute approximate surface area is 89.1 Å². The number of nitrogens with zero attached hydrogens (tertiary/aromatic N) is 1. The van der Waals surface area contributed by atoms with Gasteiger partial charge in [0.1, 0.15) is 11.5 Å². The third-order valence-electron chi connectivity index (χ3n) is 1.81. The van der Waals surface area contributed by atoms with E-state index in [1.165, 1.54) is 6.21 Å². The maximum Gasteiger partial charge on any atom is 0.131 e. The first-order valence-electron chi connectivity index (χ1n) is 4.89. The van der Waals surface area contributed by atoms with Crippen LogP contribution in [0.4, 0.5) is 0 Å². The van der Waals surface area contributed by atoms with Crippen LogP contribution in [0.3, 0.4) is 0 Å². The minimum absolute atomic E-state index is 0.557. The highest BCUT2D eigenvalue weighted by Crippen LogP contribution is 2.26. The quantitative estimate of drug-likeness (QED) is 0.460. The van der Waals surface area contributed by atoms with Crippen molar-refractivity contribution in [1.29, 1.82) is 0 Å². The van der Waals surface area contributed by atoms with Gasteiger partial charge in [0.25, 0.3) is 0 Å². The lowest BCUT2D eigenvalue weighted by atomic mass is 10.2. The molecule has 0 aliphatic rings. The first kappa shape index (κ1) is 11.4. The SMILES string of the molecule is CCOc1cccc(OCC)c1C=NO. The second-order valence-corrected chi connectivity index (χ2v) is 2.78. The molecule has 82 valence electrons. The summed E-state index contributed by atoms with van der Waals surface area (Å²) in [5.41, 5.74) is 0.656. The number of hydrogen-bond donors (Lipinski definition) is 1. The monoisotopic (exact) mass is 209 g/mol. The molecule has 1 aromatic carbocycles. The van der Waals surface area contributed by atoms with E-state index in [-0.39, 0.29) is 0 Å². The standard InChI is InChI=1S/C11H15NO3/c1-3-14-10-6-5-7-11(15-4-2)9(10)8-12-13/h5-8,13H,3-4H2,1-2H3. The molecule has 0 amide bonds. The van der Waals surface area contributed by atoms with Crippen LogP contribution in [0.1, 0.15) is 19.4 Å². The van der Waals surface area contributed by atoms with Crippen molar-refractivity contribution in [2.24, 2.45) is 5.16 Å². The first-order valence-corrected chi connectivity index (χ1v) is 4.89. The highest BCUT2D eigenvalue weighted by atomic mass is 16.5. The van der Waals surface area contributed by atoms with Gasteiger partial charge in [-0.05, 0) is 26.0 Å². The lowest BCUT2D eigenvalue weighted by molar-refractivity contribution is 0.314. The van der Waals surface area contributed by atoms with Crippen molar-refractivity contribution in [2.45, 2.75) is 13.8 Å². The number of hydrogen-bond acceptors (Lipinski definition) is 4. The summed E-state index contributed by atoms with van der Waals surface area (Å²) in [5.74, 6) is 1.31. The normalized spacial score (nSPS) is 10.5. The Bertz CT molecular complexity index is 312. The van der Waals surface area contributed by atoms with Gasteiger partial charge < -0.3 is 14.7 Å². The third-order valence-corrected chi connectivity index (χ3v) is 1.81. The second-order valence-electron chi connectivity index (χ2n) is 2.78. The molecule has 0 atom stereocenters. The van der Waals surface area contributed by atoms with E-state index in [1.807, 2.05) is 32.0 Å². The van der Waals surface area contributed by atoms with Crippen LogP contribution in [0.25, 0.3) is 0 Å². The summed E-state index contributed by atoms with van der Waals surface area (Å²) in [7, 11) is 0. The molecule has 0 radical (unpaired) electrons. The molecule has 1 N–H and O–H groups in total. The van der Waals surface area contributed by atoms with Crippen LogP contribution in [0.2, 0.25) is 0 Å². The summed E-state index contributed by atoms with van der Waals surface area (Å²) in [4.78, 5) is 0. The summed E-state index contributed by atoms with van der Waals surface area (Å²) in [6.45, 7) is 4.91. The molecule has 0 spiro atoms. The lowest BCUT2D eigenvalue weighted by Crippen LogP contribution is -2.01. The number of ether oxygens (including phenoxy) is 2. The molecule has 0 aromatic heterocycles. The molecule has 0 saturated carbocycles. The average Bonchev–Trinajstić information content (AvgIpc) is 2.23. The fourth-order valence-corrected chi connectivity index (χ4v) is 1.27. The zero-order valence-electron chi connectivity index (χ0n) is 8.93. The van der Waals surface area contributed by atoms with Crippen LogP contribution < -0.4 is 9.47 Å². The van der Waals surface area contributed by atoms with Gasteiger partial charge in [-0.25, -0.2) is 0 Å². The molecule has 0 heterocycles. The Morgan fingerprint density at radius 1 is 1.20 bits per heavy atom. The van der Waals surface area contributed by atoms with Gasteiger partial charge in [0.15, 0.2) is 0 Å². The predicted octanol–water partition coefficient (Wildman–Crippen LogP) is 2.29. The van der Waals surface area contributed by atoms with Crippen LogP contribution >= 0.6 is 0 Å². The van der Waals surface area contributed by atoms with Crippen LogP contribution in [0.15, 0.2) is 23.4 Å².